The molecule has 0 saturated carbocycles. The lowest BCUT2D eigenvalue weighted by atomic mass is 10.2. The number of hydrogen-bond acceptors (Lipinski definition) is 5. The molecule has 1 unspecified atom stereocenters. The predicted octanol–water partition coefficient (Wildman–Crippen LogP) is 2.73. The van der Waals surface area contributed by atoms with Crippen LogP contribution in [0.4, 0.5) is 4.39 Å². The molecule has 0 amide bonds. The van der Waals surface area contributed by atoms with Crippen molar-refractivity contribution in [1.82, 2.24) is 15.0 Å². The van der Waals surface area contributed by atoms with Gasteiger partial charge in [0.15, 0.2) is 5.82 Å². The fraction of sp³-hybridized carbons (Fsp3) is 0.467. The van der Waals surface area contributed by atoms with Crippen LogP contribution in [0, 0.1) is 12.7 Å². The average Bonchev–Trinajstić information content (AvgIpc) is 3.07. The Balaban J connectivity index is 1.55. The number of hydrogen-bond donors (Lipinski definition) is 0. The minimum Gasteiger partial charge on any atom is -0.492 e. The number of ether oxygens (including phenoxy) is 1. The Kier molecular flexibility index (Phi) is 4.15. The van der Waals surface area contributed by atoms with Gasteiger partial charge in [0.25, 0.3) is 0 Å². The Hall–Kier alpha value is -1.95. The van der Waals surface area contributed by atoms with Crippen LogP contribution in [0.15, 0.2) is 28.8 Å². The molecule has 5 nitrogen and oxygen atoms in total. The molecule has 2 aromatic rings. The van der Waals surface area contributed by atoms with Gasteiger partial charge in [-0.2, -0.15) is 4.98 Å². The lowest BCUT2D eigenvalue weighted by Crippen LogP contribution is -2.28. The van der Waals surface area contributed by atoms with Gasteiger partial charge in [0, 0.05) is 19.5 Å². The normalized spacial score (nSPS) is 19.0. The molecule has 1 aromatic heterocycles. The monoisotopic (exact) mass is 291 g/mol. The molecule has 1 saturated heterocycles. The molecule has 0 spiro atoms. The van der Waals surface area contributed by atoms with Gasteiger partial charge in [-0.1, -0.05) is 11.2 Å². The number of aromatic nitrogens is 2. The predicted molar refractivity (Wildman–Crippen MR) is 74.5 cm³/mol. The van der Waals surface area contributed by atoms with E-state index in [0.29, 0.717) is 18.2 Å². The first-order chi connectivity index (χ1) is 10.2. The van der Waals surface area contributed by atoms with Crippen molar-refractivity contribution < 1.29 is 13.7 Å². The van der Waals surface area contributed by atoms with E-state index in [9.17, 15) is 4.39 Å². The summed E-state index contributed by atoms with van der Waals surface area (Å²) in [5.74, 6) is 1.61. The maximum atomic E-state index is 13.1. The topological polar surface area (TPSA) is 51.4 Å². The summed E-state index contributed by atoms with van der Waals surface area (Å²) in [5, 5.41) is 4.01. The molecule has 2 heterocycles. The zero-order chi connectivity index (χ0) is 14.7. The highest BCUT2D eigenvalue weighted by molar-refractivity contribution is 5.22. The van der Waals surface area contributed by atoms with Gasteiger partial charge < -0.3 is 9.26 Å². The Bertz CT molecular complexity index is 602. The van der Waals surface area contributed by atoms with Crippen LogP contribution in [0.5, 0.6) is 5.75 Å². The van der Waals surface area contributed by atoms with Crippen LogP contribution in [0.3, 0.4) is 0 Å². The quantitative estimate of drug-likeness (QED) is 0.848. The first-order valence-electron chi connectivity index (χ1n) is 7.15. The smallest absolute Gasteiger partial charge is 0.223 e. The van der Waals surface area contributed by atoms with Crippen molar-refractivity contribution in [1.29, 1.82) is 0 Å². The van der Waals surface area contributed by atoms with E-state index in [4.69, 9.17) is 9.26 Å². The fourth-order valence-corrected chi connectivity index (χ4v) is 2.67. The summed E-state index contributed by atoms with van der Waals surface area (Å²) in [6.07, 6.45) is 2.14. The third-order valence-electron chi connectivity index (χ3n) is 3.65. The van der Waals surface area contributed by atoms with Gasteiger partial charge in [-0.05, 0) is 31.5 Å². The molecule has 0 bridgehead atoms. The first kappa shape index (κ1) is 14.0. The second-order valence-corrected chi connectivity index (χ2v) is 5.17. The van der Waals surface area contributed by atoms with Crippen molar-refractivity contribution >= 4 is 0 Å². The molecule has 1 atom stereocenters. The van der Waals surface area contributed by atoms with Crippen LogP contribution in [0.25, 0.3) is 0 Å². The second-order valence-electron chi connectivity index (χ2n) is 5.17. The Morgan fingerprint density at radius 2 is 2.38 bits per heavy atom. The van der Waals surface area contributed by atoms with Crippen LogP contribution < -0.4 is 4.74 Å². The van der Waals surface area contributed by atoms with E-state index < -0.39 is 0 Å². The first-order valence-corrected chi connectivity index (χ1v) is 7.15. The zero-order valence-electron chi connectivity index (χ0n) is 12.0. The molecule has 112 valence electrons. The molecule has 6 heteroatoms. The third-order valence-corrected chi connectivity index (χ3v) is 3.65. The highest BCUT2D eigenvalue weighted by Gasteiger charge is 2.29. The van der Waals surface area contributed by atoms with Crippen molar-refractivity contribution in [3.05, 3.63) is 41.8 Å². The summed E-state index contributed by atoms with van der Waals surface area (Å²) in [5.41, 5.74) is 0. The molecule has 0 radical (unpaired) electrons. The van der Waals surface area contributed by atoms with E-state index in [1.807, 2.05) is 0 Å². The van der Waals surface area contributed by atoms with E-state index in [1.165, 1.54) is 12.1 Å². The highest BCUT2D eigenvalue weighted by Crippen LogP contribution is 2.29. The number of halogens is 1. The van der Waals surface area contributed by atoms with Gasteiger partial charge in [0.1, 0.15) is 18.2 Å². The van der Waals surface area contributed by atoms with Gasteiger partial charge >= 0.3 is 0 Å². The van der Waals surface area contributed by atoms with Crippen molar-refractivity contribution in [3.63, 3.8) is 0 Å². The van der Waals surface area contributed by atoms with Gasteiger partial charge in [-0.25, -0.2) is 4.39 Å². The van der Waals surface area contributed by atoms with Crippen LogP contribution in [0.2, 0.25) is 0 Å². The van der Waals surface area contributed by atoms with Crippen LogP contribution in [-0.4, -0.2) is 34.7 Å². The fourth-order valence-electron chi connectivity index (χ4n) is 2.67. The third kappa shape index (κ3) is 3.39. The van der Waals surface area contributed by atoms with Crippen LogP contribution in [0.1, 0.15) is 30.6 Å². The standard InChI is InChI=1S/C15H18FN3O2/c1-11-17-15(18-21-11)14-6-3-7-19(14)8-9-20-13-5-2-4-12(16)10-13/h2,4-5,10,14H,3,6-9H2,1H3. The Labute approximate surface area is 122 Å². The summed E-state index contributed by atoms with van der Waals surface area (Å²) >= 11 is 0. The van der Waals surface area contributed by atoms with E-state index in [1.54, 1.807) is 19.1 Å². The van der Waals surface area contributed by atoms with Crippen molar-refractivity contribution in [2.24, 2.45) is 0 Å². The molecule has 3 rings (SSSR count). The van der Waals surface area contributed by atoms with Gasteiger partial charge in [-0.15, -0.1) is 0 Å². The van der Waals surface area contributed by atoms with Crippen LogP contribution >= 0.6 is 0 Å². The molecule has 1 fully saturated rings. The summed E-state index contributed by atoms with van der Waals surface area (Å²) in [4.78, 5) is 6.59. The highest BCUT2D eigenvalue weighted by atomic mass is 19.1. The van der Waals surface area contributed by atoms with Gasteiger partial charge in [-0.3, -0.25) is 4.90 Å². The molecule has 1 aliphatic heterocycles. The lowest BCUT2D eigenvalue weighted by Gasteiger charge is -2.21. The number of aryl methyl sites for hydroxylation is 1. The summed E-state index contributed by atoms with van der Waals surface area (Å²) < 4.78 is 23.7. The number of rotatable bonds is 5. The number of benzene rings is 1. The van der Waals surface area contributed by atoms with E-state index in [2.05, 4.69) is 15.0 Å². The largest absolute Gasteiger partial charge is 0.492 e. The maximum absolute atomic E-state index is 13.1. The minimum atomic E-state index is -0.283. The zero-order valence-corrected chi connectivity index (χ0v) is 12.0. The molecule has 0 aliphatic carbocycles. The van der Waals surface area contributed by atoms with E-state index in [-0.39, 0.29) is 11.9 Å². The molecule has 1 aromatic carbocycles. The van der Waals surface area contributed by atoms with E-state index >= 15 is 0 Å². The van der Waals surface area contributed by atoms with E-state index in [0.717, 1.165) is 31.8 Å². The average molecular weight is 291 g/mol. The Morgan fingerprint density at radius 1 is 1.48 bits per heavy atom. The van der Waals surface area contributed by atoms with Gasteiger partial charge in [0.2, 0.25) is 5.89 Å². The molecular weight excluding hydrogens is 273 g/mol. The van der Waals surface area contributed by atoms with Gasteiger partial charge in [0.05, 0.1) is 6.04 Å². The summed E-state index contributed by atoms with van der Waals surface area (Å²) in [6, 6.07) is 6.39. The molecule has 1 aliphatic rings. The van der Waals surface area contributed by atoms with Crippen molar-refractivity contribution in [2.75, 3.05) is 19.7 Å². The summed E-state index contributed by atoms with van der Waals surface area (Å²) in [6.45, 7) is 4.05. The molecule has 21 heavy (non-hydrogen) atoms. The number of likely N-dealkylation sites (tertiary alicyclic amines) is 1. The lowest BCUT2D eigenvalue weighted by molar-refractivity contribution is 0.190. The van der Waals surface area contributed by atoms with Crippen LogP contribution in [-0.2, 0) is 0 Å². The second kappa shape index (κ2) is 6.22. The minimum absolute atomic E-state index is 0.193. The Morgan fingerprint density at radius 3 is 3.14 bits per heavy atom. The molecule has 0 N–H and O–H groups in total. The maximum Gasteiger partial charge on any atom is 0.223 e. The molecular formula is C15H18FN3O2. The van der Waals surface area contributed by atoms with Crippen molar-refractivity contribution in [3.8, 4) is 5.75 Å². The number of nitrogens with zero attached hydrogens (tertiary/aromatic N) is 3. The SMILES string of the molecule is Cc1nc(C2CCCN2CCOc2cccc(F)c2)no1. The van der Waals surface area contributed by atoms with Crippen molar-refractivity contribution in [2.45, 2.75) is 25.8 Å². The summed E-state index contributed by atoms with van der Waals surface area (Å²) in [7, 11) is 0.